The van der Waals surface area contributed by atoms with Gasteiger partial charge < -0.3 is 14.5 Å². The molecule has 0 aliphatic carbocycles. The quantitative estimate of drug-likeness (QED) is 0.881. The molecule has 0 saturated carbocycles. The number of furan rings is 1. The van der Waals surface area contributed by atoms with Crippen LogP contribution in [0.2, 0.25) is 0 Å². The molecule has 3 nitrogen and oxygen atoms in total. The van der Waals surface area contributed by atoms with Crippen LogP contribution in [0.25, 0.3) is 0 Å². The van der Waals surface area contributed by atoms with Crippen molar-refractivity contribution in [1.82, 2.24) is 5.32 Å². The van der Waals surface area contributed by atoms with Gasteiger partial charge >= 0.3 is 0 Å². The van der Waals surface area contributed by atoms with E-state index in [1.54, 1.807) is 0 Å². The minimum atomic E-state index is -0.143. The molecule has 1 fully saturated rings. The molecular formula is C17H29NO2. The molecule has 1 aromatic rings. The summed E-state index contributed by atoms with van der Waals surface area (Å²) in [5.41, 5.74) is -0.211. The van der Waals surface area contributed by atoms with Gasteiger partial charge in [-0.1, -0.05) is 13.8 Å². The smallest absolute Gasteiger partial charge is 0.121 e. The summed E-state index contributed by atoms with van der Waals surface area (Å²) < 4.78 is 12.3. The average molecular weight is 279 g/mol. The Morgan fingerprint density at radius 2 is 1.95 bits per heavy atom. The van der Waals surface area contributed by atoms with E-state index in [2.05, 4.69) is 59.0 Å². The molecule has 2 heterocycles. The summed E-state index contributed by atoms with van der Waals surface area (Å²) in [5.74, 6) is 2.51. The number of ether oxygens (including phenoxy) is 1. The zero-order valence-corrected chi connectivity index (χ0v) is 13.7. The zero-order valence-electron chi connectivity index (χ0n) is 13.7. The summed E-state index contributed by atoms with van der Waals surface area (Å²) in [7, 11) is 0. The van der Waals surface area contributed by atoms with Gasteiger partial charge in [-0.2, -0.15) is 0 Å². The molecule has 0 spiro atoms. The third kappa shape index (κ3) is 3.09. The van der Waals surface area contributed by atoms with E-state index in [-0.39, 0.29) is 17.2 Å². The second-order valence-electron chi connectivity index (χ2n) is 6.97. The van der Waals surface area contributed by atoms with Gasteiger partial charge in [0.2, 0.25) is 0 Å². The van der Waals surface area contributed by atoms with Gasteiger partial charge in [0.25, 0.3) is 0 Å². The van der Waals surface area contributed by atoms with Gasteiger partial charge in [0.15, 0.2) is 0 Å². The fourth-order valence-corrected chi connectivity index (χ4v) is 3.54. The van der Waals surface area contributed by atoms with E-state index in [4.69, 9.17) is 9.15 Å². The minimum absolute atomic E-state index is 0.0674. The van der Waals surface area contributed by atoms with Crippen LogP contribution in [0, 0.1) is 5.92 Å². The van der Waals surface area contributed by atoms with Gasteiger partial charge in [0, 0.05) is 12.3 Å². The van der Waals surface area contributed by atoms with Gasteiger partial charge in [-0.05, 0) is 52.8 Å². The summed E-state index contributed by atoms with van der Waals surface area (Å²) in [6.07, 6.45) is 1.98. The van der Waals surface area contributed by atoms with Gasteiger partial charge in [-0.25, -0.2) is 0 Å². The Balaban J connectivity index is 2.28. The molecule has 2 rings (SSSR count). The number of nitrogens with one attached hydrogen (secondary N) is 1. The summed E-state index contributed by atoms with van der Waals surface area (Å²) in [4.78, 5) is 0. The highest BCUT2D eigenvalue weighted by atomic mass is 16.5. The average Bonchev–Trinajstić information content (AvgIpc) is 2.88. The van der Waals surface area contributed by atoms with Crippen molar-refractivity contribution in [1.29, 1.82) is 0 Å². The second kappa shape index (κ2) is 5.53. The lowest BCUT2D eigenvalue weighted by molar-refractivity contribution is -0.0784. The molecule has 0 aromatic carbocycles. The van der Waals surface area contributed by atoms with Gasteiger partial charge in [-0.3, -0.25) is 0 Å². The standard InChI is InChI=1S/C17H29NO2/c1-7-12-9-10-14(19-12)15(18-8-2)13-11-16(3,4)20-17(13,5)6/h9-10,13,15,18H,7-8,11H2,1-6H3. The summed E-state index contributed by atoms with van der Waals surface area (Å²) >= 11 is 0. The predicted octanol–water partition coefficient (Wildman–Crippen LogP) is 4.09. The minimum Gasteiger partial charge on any atom is -0.464 e. The van der Waals surface area contributed by atoms with Crippen LogP contribution < -0.4 is 5.32 Å². The molecule has 0 bridgehead atoms. The number of rotatable bonds is 5. The van der Waals surface area contributed by atoms with Crippen molar-refractivity contribution in [2.75, 3.05) is 6.54 Å². The Morgan fingerprint density at radius 3 is 2.40 bits per heavy atom. The van der Waals surface area contributed by atoms with Crippen molar-refractivity contribution in [2.45, 2.75) is 71.6 Å². The SMILES string of the molecule is CCNC(c1ccc(CC)o1)C1CC(C)(C)OC1(C)C. The lowest BCUT2D eigenvalue weighted by atomic mass is 9.80. The number of hydrogen-bond donors (Lipinski definition) is 1. The molecule has 1 N–H and O–H groups in total. The largest absolute Gasteiger partial charge is 0.464 e. The Labute approximate surface area is 123 Å². The normalized spacial score (nSPS) is 25.8. The van der Waals surface area contributed by atoms with Crippen molar-refractivity contribution in [2.24, 2.45) is 5.92 Å². The highest BCUT2D eigenvalue weighted by Gasteiger charge is 2.49. The Hall–Kier alpha value is -0.800. The first kappa shape index (κ1) is 15.6. The van der Waals surface area contributed by atoms with E-state index >= 15 is 0 Å². The van der Waals surface area contributed by atoms with Crippen LogP contribution in [0.15, 0.2) is 16.5 Å². The van der Waals surface area contributed by atoms with Gasteiger partial charge in [-0.15, -0.1) is 0 Å². The Morgan fingerprint density at radius 1 is 1.25 bits per heavy atom. The lowest BCUT2D eigenvalue weighted by Crippen LogP contribution is -2.38. The first-order valence-corrected chi connectivity index (χ1v) is 7.81. The lowest BCUT2D eigenvalue weighted by Gasteiger charge is -2.32. The van der Waals surface area contributed by atoms with Crippen LogP contribution in [0.1, 0.15) is 65.5 Å². The van der Waals surface area contributed by atoms with Crippen LogP contribution in [0.4, 0.5) is 0 Å². The van der Waals surface area contributed by atoms with Crippen molar-refractivity contribution in [3.05, 3.63) is 23.7 Å². The first-order valence-electron chi connectivity index (χ1n) is 7.81. The molecule has 1 aliphatic rings. The summed E-state index contributed by atoms with van der Waals surface area (Å²) in [5, 5.41) is 3.60. The molecule has 2 atom stereocenters. The Bertz CT molecular complexity index is 448. The highest BCUT2D eigenvalue weighted by Crippen LogP contribution is 2.47. The Kier molecular flexibility index (Phi) is 4.31. The van der Waals surface area contributed by atoms with Crippen LogP contribution in [-0.4, -0.2) is 17.7 Å². The topological polar surface area (TPSA) is 34.4 Å². The van der Waals surface area contributed by atoms with Crippen molar-refractivity contribution >= 4 is 0 Å². The molecular weight excluding hydrogens is 250 g/mol. The maximum Gasteiger partial charge on any atom is 0.121 e. The molecule has 20 heavy (non-hydrogen) atoms. The maximum absolute atomic E-state index is 6.25. The molecule has 0 radical (unpaired) electrons. The van der Waals surface area contributed by atoms with Crippen LogP contribution in [0.5, 0.6) is 0 Å². The van der Waals surface area contributed by atoms with Crippen molar-refractivity contribution in [3.8, 4) is 0 Å². The fraction of sp³-hybridized carbons (Fsp3) is 0.765. The monoisotopic (exact) mass is 279 g/mol. The van der Waals surface area contributed by atoms with Crippen LogP contribution in [-0.2, 0) is 11.2 Å². The van der Waals surface area contributed by atoms with E-state index < -0.39 is 0 Å². The third-order valence-corrected chi connectivity index (χ3v) is 4.31. The van der Waals surface area contributed by atoms with E-state index in [1.807, 2.05) is 0 Å². The molecule has 114 valence electrons. The first-order chi connectivity index (χ1) is 9.29. The van der Waals surface area contributed by atoms with E-state index in [9.17, 15) is 0 Å². The summed E-state index contributed by atoms with van der Waals surface area (Å²) in [6.45, 7) is 13.9. The number of hydrogen-bond acceptors (Lipinski definition) is 3. The van der Waals surface area contributed by atoms with Crippen LogP contribution >= 0.6 is 0 Å². The highest BCUT2D eigenvalue weighted by molar-refractivity contribution is 5.15. The fourth-order valence-electron chi connectivity index (χ4n) is 3.54. The summed E-state index contributed by atoms with van der Waals surface area (Å²) in [6, 6.07) is 4.43. The van der Waals surface area contributed by atoms with E-state index in [0.717, 1.165) is 30.9 Å². The third-order valence-electron chi connectivity index (χ3n) is 4.31. The molecule has 1 saturated heterocycles. The molecule has 1 aromatic heterocycles. The predicted molar refractivity (Wildman–Crippen MR) is 81.9 cm³/mol. The molecule has 3 heteroatoms. The van der Waals surface area contributed by atoms with Crippen molar-refractivity contribution in [3.63, 3.8) is 0 Å². The van der Waals surface area contributed by atoms with E-state index in [0.29, 0.717) is 5.92 Å². The van der Waals surface area contributed by atoms with Gasteiger partial charge in [0.1, 0.15) is 11.5 Å². The second-order valence-corrected chi connectivity index (χ2v) is 6.97. The van der Waals surface area contributed by atoms with Gasteiger partial charge in [0.05, 0.1) is 17.2 Å². The number of aryl methyl sites for hydroxylation is 1. The molecule has 1 aliphatic heterocycles. The zero-order chi connectivity index (χ0) is 15.0. The van der Waals surface area contributed by atoms with Crippen LogP contribution in [0.3, 0.4) is 0 Å². The van der Waals surface area contributed by atoms with E-state index in [1.165, 1.54) is 0 Å². The van der Waals surface area contributed by atoms with Crippen molar-refractivity contribution < 1.29 is 9.15 Å². The maximum atomic E-state index is 6.25. The molecule has 0 amide bonds. The molecule has 2 unspecified atom stereocenters.